The Morgan fingerprint density at radius 3 is 2.51 bits per heavy atom. The number of aliphatic hydroxyl groups excluding tert-OH is 2. The number of pyridine rings is 1. The van der Waals surface area contributed by atoms with Gasteiger partial charge in [-0.05, 0) is 62.4 Å². The lowest BCUT2D eigenvalue weighted by Gasteiger charge is -2.41. The first-order chi connectivity index (χ1) is 17.7. The number of rotatable bonds is 10. The van der Waals surface area contributed by atoms with Crippen LogP contribution in [0.4, 0.5) is 13.2 Å². The standard InChI is InChI=1S/C27H30ClF3N2O3S/c1-36-18-2-3-23-19(14-18)25(20(28)15-32-23)24(35)4-5-27(16-34)6-8-33(9-7-27)10-11-37-26-21(30)12-17(29)13-22(26)31/h2-3,12-15,24,34-35H,4-11,16H2,1H3/t24-/m1/s1. The largest absolute Gasteiger partial charge is 0.497 e. The first-order valence-corrected chi connectivity index (χ1v) is 13.5. The second-order valence-electron chi connectivity index (χ2n) is 9.50. The highest BCUT2D eigenvalue weighted by atomic mass is 35.5. The molecular weight excluding hydrogens is 525 g/mol. The van der Waals surface area contributed by atoms with Gasteiger partial charge in [0, 0.05) is 48.2 Å². The van der Waals surface area contributed by atoms with Crippen LogP contribution in [-0.2, 0) is 0 Å². The van der Waals surface area contributed by atoms with E-state index in [0.29, 0.717) is 59.1 Å². The Hall–Kier alpha value is -2.04. The third-order valence-corrected chi connectivity index (χ3v) is 8.59. The van der Waals surface area contributed by atoms with Crippen LogP contribution >= 0.6 is 23.4 Å². The van der Waals surface area contributed by atoms with Gasteiger partial charge in [0.1, 0.15) is 23.2 Å². The lowest BCUT2D eigenvalue weighted by Crippen LogP contribution is -2.43. The van der Waals surface area contributed by atoms with Gasteiger partial charge >= 0.3 is 0 Å². The average Bonchev–Trinajstić information content (AvgIpc) is 2.89. The number of ether oxygens (including phenoxy) is 1. The van der Waals surface area contributed by atoms with Crippen LogP contribution in [0.15, 0.2) is 41.4 Å². The van der Waals surface area contributed by atoms with Crippen LogP contribution in [0.2, 0.25) is 5.02 Å². The lowest BCUT2D eigenvalue weighted by atomic mass is 9.74. The van der Waals surface area contributed by atoms with E-state index < -0.39 is 23.6 Å². The molecular formula is C27H30ClF3N2O3S. The van der Waals surface area contributed by atoms with Crippen LogP contribution in [0.3, 0.4) is 0 Å². The number of aliphatic hydroxyl groups is 2. The van der Waals surface area contributed by atoms with Gasteiger partial charge in [0.05, 0.1) is 28.6 Å². The Balaban J connectivity index is 1.33. The maximum absolute atomic E-state index is 13.9. The molecule has 1 aliphatic rings. The van der Waals surface area contributed by atoms with Crippen LogP contribution in [-0.4, -0.2) is 59.2 Å². The third-order valence-electron chi connectivity index (χ3n) is 7.22. The molecule has 3 aromatic rings. The molecule has 5 nitrogen and oxygen atoms in total. The second kappa shape index (κ2) is 12.2. The van der Waals surface area contributed by atoms with Crippen molar-refractivity contribution in [3.05, 3.63) is 64.6 Å². The fourth-order valence-corrected chi connectivity index (χ4v) is 6.13. The smallest absolute Gasteiger partial charge is 0.142 e. The normalized spacial score (nSPS) is 16.7. The molecule has 0 aliphatic carbocycles. The van der Waals surface area contributed by atoms with E-state index in [1.165, 1.54) is 6.20 Å². The summed E-state index contributed by atoms with van der Waals surface area (Å²) in [6.45, 7) is 2.07. The fraction of sp³-hybridized carbons (Fsp3) is 0.444. The number of thioether (sulfide) groups is 1. The van der Waals surface area contributed by atoms with Crippen molar-refractivity contribution in [2.45, 2.75) is 36.7 Å². The topological polar surface area (TPSA) is 65.8 Å². The number of likely N-dealkylation sites (tertiary alicyclic amines) is 1. The highest BCUT2D eigenvalue weighted by Crippen LogP contribution is 2.40. The summed E-state index contributed by atoms with van der Waals surface area (Å²) in [5.41, 5.74) is 0.989. The summed E-state index contributed by atoms with van der Waals surface area (Å²) in [6.07, 6.45) is 3.22. The van der Waals surface area contributed by atoms with E-state index >= 15 is 0 Å². The van der Waals surface area contributed by atoms with Gasteiger partial charge in [-0.25, -0.2) is 13.2 Å². The van der Waals surface area contributed by atoms with E-state index in [4.69, 9.17) is 16.3 Å². The van der Waals surface area contributed by atoms with Crippen LogP contribution in [0, 0.1) is 22.9 Å². The zero-order chi connectivity index (χ0) is 26.6. The van der Waals surface area contributed by atoms with Crippen LogP contribution in [0.1, 0.15) is 37.4 Å². The van der Waals surface area contributed by atoms with E-state index in [9.17, 15) is 23.4 Å². The summed E-state index contributed by atoms with van der Waals surface area (Å²) in [7, 11) is 1.57. The summed E-state index contributed by atoms with van der Waals surface area (Å²) in [5, 5.41) is 22.5. The average molecular weight is 555 g/mol. The number of hydrogen-bond acceptors (Lipinski definition) is 6. The number of benzene rings is 2. The number of hydrogen-bond donors (Lipinski definition) is 2. The van der Waals surface area contributed by atoms with E-state index in [1.807, 2.05) is 12.1 Å². The second-order valence-corrected chi connectivity index (χ2v) is 11.0. The zero-order valence-electron chi connectivity index (χ0n) is 20.5. The predicted molar refractivity (Wildman–Crippen MR) is 140 cm³/mol. The van der Waals surface area contributed by atoms with Crippen LogP contribution in [0.25, 0.3) is 10.9 Å². The minimum Gasteiger partial charge on any atom is -0.497 e. The van der Waals surface area contributed by atoms with Gasteiger partial charge in [0.25, 0.3) is 0 Å². The Morgan fingerprint density at radius 2 is 1.86 bits per heavy atom. The van der Waals surface area contributed by atoms with Crippen molar-refractivity contribution in [1.29, 1.82) is 0 Å². The lowest BCUT2D eigenvalue weighted by molar-refractivity contribution is 0.0254. The highest BCUT2D eigenvalue weighted by molar-refractivity contribution is 7.99. The number of methoxy groups -OCH3 is 1. The SMILES string of the molecule is COc1ccc2ncc(Cl)c([C@H](O)CCC3(CO)CCN(CCSc4c(F)cc(F)cc4F)CC3)c2c1. The molecule has 0 unspecified atom stereocenters. The summed E-state index contributed by atoms with van der Waals surface area (Å²) in [6, 6.07) is 6.82. The molecule has 1 atom stereocenters. The monoisotopic (exact) mass is 554 g/mol. The molecule has 0 spiro atoms. The van der Waals surface area contributed by atoms with Gasteiger partial charge < -0.3 is 19.8 Å². The molecule has 2 N–H and O–H groups in total. The van der Waals surface area contributed by atoms with Gasteiger partial charge in [-0.15, -0.1) is 11.8 Å². The molecule has 0 bridgehead atoms. The van der Waals surface area contributed by atoms with Crippen molar-refractivity contribution in [1.82, 2.24) is 9.88 Å². The minimum absolute atomic E-state index is 0.00690. The molecule has 1 saturated heterocycles. The number of aromatic nitrogens is 1. The quantitative estimate of drug-likeness (QED) is 0.300. The maximum atomic E-state index is 13.9. The number of piperidine rings is 1. The summed E-state index contributed by atoms with van der Waals surface area (Å²) in [4.78, 5) is 6.36. The molecule has 2 aromatic carbocycles. The molecule has 4 rings (SSSR count). The highest BCUT2D eigenvalue weighted by Gasteiger charge is 2.34. The molecule has 1 fully saturated rings. The Kier molecular flexibility index (Phi) is 9.24. The molecule has 10 heteroatoms. The van der Waals surface area contributed by atoms with Gasteiger partial charge in [-0.2, -0.15) is 0 Å². The van der Waals surface area contributed by atoms with E-state index in [-0.39, 0.29) is 16.9 Å². The molecule has 2 heterocycles. The molecule has 0 radical (unpaired) electrons. The summed E-state index contributed by atoms with van der Waals surface area (Å²) in [5.74, 6) is -1.60. The molecule has 37 heavy (non-hydrogen) atoms. The number of nitrogens with zero attached hydrogens (tertiary/aromatic N) is 2. The van der Waals surface area contributed by atoms with Crippen molar-refractivity contribution in [3.63, 3.8) is 0 Å². The van der Waals surface area contributed by atoms with Crippen molar-refractivity contribution in [2.75, 3.05) is 39.1 Å². The van der Waals surface area contributed by atoms with Gasteiger partial charge in [0.2, 0.25) is 0 Å². The predicted octanol–water partition coefficient (Wildman–Crippen LogP) is 5.99. The molecule has 200 valence electrons. The van der Waals surface area contributed by atoms with Gasteiger partial charge in [-0.1, -0.05) is 11.6 Å². The first kappa shape index (κ1) is 28.0. The fourth-order valence-electron chi connectivity index (χ4n) is 4.90. The molecule has 0 amide bonds. The first-order valence-electron chi connectivity index (χ1n) is 12.2. The summed E-state index contributed by atoms with van der Waals surface area (Å²) < 4.78 is 46.2. The van der Waals surface area contributed by atoms with E-state index in [1.54, 1.807) is 13.2 Å². The van der Waals surface area contributed by atoms with Crippen LogP contribution in [0.5, 0.6) is 5.75 Å². The summed E-state index contributed by atoms with van der Waals surface area (Å²) >= 11 is 7.47. The van der Waals surface area contributed by atoms with Crippen molar-refractivity contribution in [3.8, 4) is 5.75 Å². The maximum Gasteiger partial charge on any atom is 0.142 e. The van der Waals surface area contributed by atoms with E-state index in [0.717, 1.165) is 43.1 Å². The Morgan fingerprint density at radius 1 is 1.16 bits per heavy atom. The molecule has 0 saturated carbocycles. The molecule has 1 aromatic heterocycles. The van der Waals surface area contributed by atoms with Gasteiger partial charge in [0.15, 0.2) is 0 Å². The third kappa shape index (κ3) is 6.52. The zero-order valence-corrected chi connectivity index (χ0v) is 22.1. The number of halogens is 4. The Labute approximate surface area is 223 Å². The van der Waals surface area contributed by atoms with E-state index in [2.05, 4.69) is 9.88 Å². The van der Waals surface area contributed by atoms with Crippen molar-refractivity contribution in [2.24, 2.45) is 5.41 Å². The van der Waals surface area contributed by atoms with Crippen LogP contribution < -0.4 is 4.74 Å². The van der Waals surface area contributed by atoms with Crippen molar-refractivity contribution >= 4 is 34.3 Å². The van der Waals surface area contributed by atoms with Crippen molar-refractivity contribution < 1.29 is 28.1 Å². The Bertz CT molecular complexity index is 1220. The molecule has 1 aliphatic heterocycles. The van der Waals surface area contributed by atoms with Gasteiger partial charge in [-0.3, -0.25) is 4.98 Å². The minimum atomic E-state index is -0.931. The number of fused-ring (bicyclic) bond motifs is 1.